The molecule has 1 N–H and O–H groups in total. The van der Waals surface area contributed by atoms with E-state index in [1.165, 1.54) is 0 Å². The smallest absolute Gasteiger partial charge is 0.150 e. The Morgan fingerprint density at radius 2 is 1.79 bits per heavy atom. The fraction of sp³-hybridized carbons (Fsp3) is 1.00. The molecule has 0 aromatic rings. The molecule has 4 nitrogen and oxygen atoms in total. The van der Waals surface area contributed by atoms with E-state index in [2.05, 4.69) is 37.9 Å². The van der Waals surface area contributed by atoms with Crippen LogP contribution in [-0.4, -0.2) is 55.5 Å². The Morgan fingerprint density at radius 1 is 1.21 bits per heavy atom. The molecule has 2 heterocycles. The maximum atomic E-state index is 11.6. The average molecular weight is 288 g/mol. The van der Waals surface area contributed by atoms with Crippen LogP contribution in [0, 0.1) is 5.92 Å². The van der Waals surface area contributed by atoms with Crippen molar-refractivity contribution in [2.45, 2.75) is 58.2 Å². The second-order valence-corrected chi connectivity index (χ2v) is 9.44. The van der Waals surface area contributed by atoms with Crippen molar-refractivity contribution < 1.29 is 8.42 Å². The highest BCUT2D eigenvalue weighted by molar-refractivity contribution is 7.91. The molecule has 0 spiro atoms. The van der Waals surface area contributed by atoms with Crippen molar-refractivity contribution >= 4 is 9.84 Å². The van der Waals surface area contributed by atoms with E-state index in [9.17, 15) is 8.42 Å². The van der Waals surface area contributed by atoms with Crippen LogP contribution in [-0.2, 0) is 9.84 Å². The van der Waals surface area contributed by atoms with Crippen LogP contribution in [0.4, 0.5) is 0 Å². The summed E-state index contributed by atoms with van der Waals surface area (Å²) in [4.78, 5) is 2.58. The van der Waals surface area contributed by atoms with Gasteiger partial charge in [0.05, 0.1) is 11.5 Å². The molecule has 0 bridgehead atoms. The number of rotatable bonds is 2. The van der Waals surface area contributed by atoms with Crippen LogP contribution < -0.4 is 5.32 Å². The number of nitrogens with one attached hydrogen (secondary N) is 1. The van der Waals surface area contributed by atoms with Crippen LogP contribution in [0.15, 0.2) is 0 Å². The molecular weight excluding hydrogens is 260 g/mol. The number of hydrogen-bond donors (Lipinski definition) is 1. The van der Waals surface area contributed by atoms with Crippen LogP contribution in [0.1, 0.15) is 40.5 Å². The second-order valence-electron chi connectivity index (χ2n) is 7.13. The van der Waals surface area contributed by atoms with Gasteiger partial charge >= 0.3 is 0 Å². The summed E-state index contributed by atoms with van der Waals surface area (Å²) < 4.78 is 23.2. The van der Waals surface area contributed by atoms with Gasteiger partial charge in [0, 0.05) is 30.7 Å². The summed E-state index contributed by atoms with van der Waals surface area (Å²) in [6, 6.07) is 0.969. The largest absolute Gasteiger partial charge is 0.309 e. The quantitative estimate of drug-likeness (QED) is 0.831. The van der Waals surface area contributed by atoms with Crippen LogP contribution >= 0.6 is 0 Å². The number of nitrogens with zero attached hydrogens (tertiary/aromatic N) is 1. The number of sulfone groups is 1. The first-order chi connectivity index (χ1) is 8.70. The fourth-order valence-corrected chi connectivity index (χ4v) is 4.82. The van der Waals surface area contributed by atoms with Crippen LogP contribution in [0.2, 0.25) is 0 Å². The summed E-state index contributed by atoms with van der Waals surface area (Å²) >= 11 is 0. The molecule has 2 saturated heterocycles. The van der Waals surface area contributed by atoms with Gasteiger partial charge in [-0.25, -0.2) is 8.42 Å². The Balaban J connectivity index is 2.10. The van der Waals surface area contributed by atoms with Crippen LogP contribution in [0.3, 0.4) is 0 Å². The Kier molecular flexibility index (Phi) is 4.29. The highest BCUT2D eigenvalue weighted by Crippen LogP contribution is 2.27. The van der Waals surface area contributed by atoms with E-state index < -0.39 is 9.84 Å². The Morgan fingerprint density at radius 3 is 2.32 bits per heavy atom. The lowest BCUT2D eigenvalue weighted by Gasteiger charge is -2.50. The SMILES string of the molecule is CC(C)C1CNC(C)(C)CN1C1CCS(=O)(=O)CC1. The van der Waals surface area contributed by atoms with Crippen molar-refractivity contribution in [3.8, 4) is 0 Å². The second kappa shape index (κ2) is 5.34. The van der Waals surface area contributed by atoms with Gasteiger partial charge in [0.1, 0.15) is 9.84 Å². The van der Waals surface area contributed by atoms with Crippen molar-refractivity contribution in [2.24, 2.45) is 5.92 Å². The van der Waals surface area contributed by atoms with Gasteiger partial charge < -0.3 is 5.32 Å². The predicted molar refractivity (Wildman–Crippen MR) is 79.1 cm³/mol. The van der Waals surface area contributed by atoms with Gasteiger partial charge in [-0.1, -0.05) is 13.8 Å². The van der Waals surface area contributed by atoms with E-state index in [1.807, 2.05) is 0 Å². The zero-order valence-corrected chi connectivity index (χ0v) is 13.5. The summed E-state index contributed by atoms with van der Waals surface area (Å²) in [6.07, 6.45) is 1.61. The zero-order valence-electron chi connectivity index (χ0n) is 12.6. The first kappa shape index (κ1) is 15.3. The zero-order chi connectivity index (χ0) is 14.3. The van der Waals surface area contributed by atoms with Gasteiger partial charge in [0.15, 0.2) is 0 Å². The van der Waals surface area contributed by atoms with Gasteiger partial charge in [-0.15, -0.1) is 0 Å². The molecule has 0 aromatic carbocycles. The van der Waals surface area contributed by atoms with E-state index in [4.69, 9.17) is 0 Å². The van der Waals surface area contributed by atoms with Crippen molar-refractivity contribution in [3.63, 3.8) is 0 Å². The topological polar surface area (TPSA) is 49.4 Å². The molecule has 2 fully saturated rings. The molecule has 2 rings (SSSR count). The summed E-state index contributed by atoms with van der Waals surface area (Å²) in [6.45, 7) is 11.0. The highest BCUT2D eigenvalue weighted by atomic mass is 32.2. The molecule has 0 aromatic heterocycles. The number of hydrogen-bond acceptors (Lipinski definition) is 4. The Labute approximate surface area is 117 Å². The molecule has 112 valence electrons. The minimum Gasteiger partial charge on any atom is -0.309 e. The molecule has 0 aliphatic carbocycles. The monoisotopic (exact) mass is 288 g/mol. The summed E-state index contributed by atoms with van der Waals surface area (Å²) in [5.41, 5.74) is 0.127. The van der Waals surface area contributed by atoms with Crippen molar-refractivity contribution in [1.82, 2.24) is 10.2 Å². The van der Waals surface area contributed by atoms with Gasteiger partial charge in [0.25, 0.3) is 0 Å². The maximum absolute atomic E-state index is 11.6. The molecule has 1 atom stereocenters. The highest BCUT2D eigenvalue weighted by Gasteiger charge is 2.39. The van der Waals surface area contributed by atoms with E-state index in [0.29, 0.717) is 29.5 Å². The lowest BCUT2D eigenvalue weighted by atomic mass is 9.90. The van der Waals surface area contributed by atoms with Gasteiger partial charge in [-0.3, -0.25) is 4.90 Å². The van der Waals surface area contributed by atoms with Gasteiger partial charge in [-0.05, 0) is 32.6 Å². The first-order valence-electron chi connectivity index (χ1n) is 7.41. The lowest BCUT2D eigenvalue weighted by molar-refractivity contribution is 0.0279. The molecule has 5 heteroatoms. The van der Waals surface area contributed by atoms with Crippen molar-refractivity contribution in [3.05, 3.63) is 0 Å². The van der Waals surface area contributed by atoms with E-state index in [-0.39, 0.29) is 5.54 Å². The molecule has 2 aliphatic rings. The minimum absolute atomic E-state index is 0.127. The Hall–Kier alpha value is -0.130. The molecule has 1 unspecified atom stereocenters. The third-order valence-electron chi connectivity index (χ3n) is 4.56. The molecule has 0 saturated carbocycles. The summed E-state index contributed by atoms with van der Waals surface area (Å²) in [5, 5.41) is 3.62. The van der Waals surface area contributed by atoms with Gasteiger partial charge in [0.2, 0.25) is 0 Å². The third-order valence-corrected chi connectivity index (χ3v) is 6.27. The van der Waals surface area contributed by atoms with E-state index in [1.54, 1.807) is 0 Å². The summed E-state index contributed by atoms with van der Waals surface area (Å²) in [5.74, 6) is 1.33. The molecule has 0 radical (unpaired) electrons. The molecular formula is C14H28N2O2S. The van der Waals surface area contributed by atoms with Crippen molar-refractivity contribution in [1.29, 1.82) is 0 Å². The predicted octanol–water partition coefficient (Wildman–Crippen LogP) is 1.27. The van der Waals surface area contributed by atoms with Crippen LogP contribution in [0.5, 0.6) is 0 Å². The Bertz CT molecular complexity index is 403. The van der Waals surface area contributed by atoms with Gasteiger partial charge in [-0.2, -0.15) is 0 Å². The van der Waals surface area contributed by atoms with E-state index >= 15 is 0 Å². The maximum Gasteiger partial charge on any atom is 0.150 e. The first-order valence-corrected chi connectivity index (χ1v) is 9.23. The molecule has 19 heavy (non-hydrogen) atoms. The van der Waals surface area contributed by atoms with E-state index in [0.717, 1.165) is 25.9 Å². The third kappa shape index (κ3) is 3.70. The van der Waals surface area contributed by atoms with Crippen LogP contribution in [0.25, 0.3) is 0 Å². The fourth-order valence-electron chi connectivity index (χ4n) is 3.36. The minimum atomic E-state index is -2.76. The van der Waals surface area contributed by atoms with Crippen molar-refractivity contribution in [2.75, 3.05) is 24.6 Å². The average Bonchev–Trinajstić information content (AvgIpc) is 2.27. The summed E-state index contributed by atoms with van der Waals surface area (Å²) in [7, 11) is -2.76. The lowest BCUT2D eigenvalue weighted by Crippen LogP contribution is -2.65. The molecule has 0 amide bonds. The number of piperazine rings is 1. The normalized spacial score (nSPS) is 32.6. The molecule has 2 aliphatic heterocycles. The standard InChI is InChI=1S/C14H28N2O2S/c1-11(2)13-9-15-14(3,4)10-16(13)12-5-7-19(17,18)8-6-12/h11-13,15H,5-10H2,1-4H3.